The van der Waals surface area contributed by atoms with Crippen molar-refractivity contribution in [1.29, 1.82) is 5.26 Å². The first kappa shape index (κ1) is 22.3. The number of hydrogen-bond donors (Lipinski definition) is 3. The molecule has 2 aromatic carbocycles. The highest BCUT2D eigenvalue weighted by atomic mass is 16.3. The van der Waals surface area contributed by atoms with Crippen LogP contribution in [0.4, 0.5) is 17.3 Å². The number of aliphatic hydroxyl groups is 1. The van der Waals surface area contributed by atoms with Crippen LogP contribution in [-0.2, 0) is 12.0 Å². The van der Waals surface area contributed by atoms with Gasteiger partial charge in [0.15, 0.2) is 0 Å². The number of aliphatic hydroxyl groups excluding tert-OH is 1. The normalized spacial score (nSPS) is 19.5. The maximum Gasteiger partial charge on any atom is 0.227 e. The molecule has 1 atom stereocenters. The molecular formula is C27H30N6O. The topological polar surface area (TPSA) is 97.1 Å². The molecule has 0 aliphatic carbocycles. The van der Waals surface area contributed by atoms with Crippen molar-refractivity contribution in [3.8, 4) is 17.3 Å². The number of rotatable bonds is 6. The fourth-order valence-corrected chi connectivity index (χ4v) is 4.87. The van der Waals surface area contributed by atoms with Crippen LogP contribution in [0.15, 0.2) is 42.6 Å². The monoisotopic (exact) mass is 454 g/mol. The summed E-state index contributed by atoms with van der Waals surface area (Å²) in [5.74, 6) is 0.515. The van der Waals surface area contributed by atoms with Crippen molar-refractivity contribution in [2.45, 2.75) is 38.6 Å². The molecule has 34 heavy (non-hydrogen) atoms. The summed E-state index contributed by atoms with van der Waals surface area (Å²) >= 11 is 0. The number of aryl methyl sites for hydroxylation is 1. The van der Waals surface area contributed by atoms with Crippen molar-refractivity contribution in [2.75, 3.05) is 36.9 Å². The lowest BCUT2D eigenvalue weighted by Gasteiger charge is -2.21. The van der Waals surface area contributed by atoms with Gasteiger partial charge in [-0.05, 0) is 73.8 Å². The zero-order valence-corrected chi connectivity index (χ0v) is 19.7. The number of benzene rings is 2. The Balaban J connectivity index is 1.44. The van der Waals surface area contributed by atoms with E-state index in [0.717, 1.165) is 53.4 Å². The standard InChI is InChI=1S/C27H30N6O/c1-18-5-6-19(15-33-9-3-4-10-33)11-24(18)32-26-29-8-7-23(31-26)20-12-21(14-28)25-22(13-20)27(2,17-34)16-30-25/h5-8,11-13,30,34H,3-4,9-10,15-17H2,1-2H3,(H,29,31,32)/t27-/m1/s1. The van der Waals surface area contributed by atoms with Crippen LogP contribution in [0.2, 0.25) is 0 Å². The first-order valence-electron chi connectivity index (χ1n) is 11.8. The summed E-state index contributed by atoms with van der Waals surface area (Å²) in [6, 6.07) is 14.5. The molecule has 5 rings (SSSR count). The van der Waals surface area contributed by atoms with Crippen LogP contribution in [0, 0.1) is 18.3 Å². The second-order valence-electron chi connectivity index (χ2n) is 9.65. The third-order valence-corrected chi connectivity index (χ3v) is 7.02. The van der Waals surface area contributed by atoms with Gasteiger partial charge in [0, 0.05) is 36.0 Å². The third kappa shape index (κ3) is 4.23. The molecule has 2 aliphatic heterocycles. The minimum atomic E-state index is -0.433. The van der Waals surface area contributed by atoms with E-state index < -0.39 is 5.41 Å². The minimum absolute atomic E-state index is 0.00491. The van der Waals surface area contributed by atoms with E-state index in [9.17, 15) is 10.4 Å². The highest BCUT2D eigenvalue weighted by Gasteiger charge is 2.36. The van der Waals surface area contributed by atoms with Crippen molar-refractivity contribution < 1.29 is 5.11 Å². The van der Waals surface area contributed by atoms with E-state index in [0.29, 0.717) is 18.1 Å². The Bertz CT molecular complexity index is 1260. The number of nitrogens with zero attached hydrogens (tertiary/aromatic N) is 4. The Labute approximate surface area is 200 Å². The summed E-state index contributed by atoms with van der Waals surface area (Å²) in [7, 11) is 0. The highest BCUT2D eigenvalue weighted by Crippen LogP contribution is 2.41. The Kier molecular flexibility index (Phi) is 5.94. The molecule has 0 amide bonds. The number of anilines is 3. The smallest absolute Gasteiger partial charge is 0.227 e. The molecule has 0 unspecified atom stereocenters. The summed E-state index contributed by atoms with van der Waals surface area (Å²) in [4.78, 5) is 11.7. The zero-order chi connectivity index (χ0) is 23.7. The largest absolute Gasteiger partial charge is 0.395 e. The molecule has 3 aromatic rings. The lowest BCUT2D eigenvalue weighted by molar-refractivity contribution is 0.219. The molecule has 0 spiro atoms. The third-order valence-electron chi connectivity index (χ3n) is 7.02. The Morgan fingerprint density at radius 2 is 2.03 bits per heavy atom. The summed E-state index contributed by atoms with van der Waals surface area (Å²) < 4.78 is 0. The first-order chi connectivity index (χ1) is 16.5. The molecule has 1 saturated heterocycles. The maximum absolute atomic E-state index is 9.98. The van der Waals surface area contributed by atoms with Gasteiger partial charge in [0.1, 0.15) is 6.07 Å². The molecule has 1 fully saturated rings. The highest BCUT2D eigenvalue weighted by molar-refractivity contribution is 5.76. The first-order valence-corrected chi connectivity index (χ1v) is 11.8. The predicted octanol–water partition coefficient (Wildman–Crippen LogP) is 4.34. The van der Waals surface area contributed by atoms with Crippen molar-refractivity contribution >= 4 is 17.3 Å². The van der Waals surface area contributed by atoms with E-state index in [2.05, 4.69) is 51.7 Å². The zero-order valence-electron chi connectivity index (χ0n) is 19.7. The molecule has 0 bridgehead atoms. The molecular weight excluding hydrogens is 424 g/mol. The van der Waals surface area contributed by atoms with Gasteiger partial charge in [-0.1, -0.05) is 19.1 Å². The van der Waals surface area contributed by atoms with Gasteiger partial charge < -0.3 is 15.7 Å². The number of aromatic nitrogens is 2. The number of nitrogens with one attached hydrogen (secondary N) is 2. The Hall–Kier alpha value is -3.47. The molecule has 3 N–H and O–H groups in total. The summed E-state index contributed by atoms with van der Waals surface area (Å²) in [5.41, 5.74) is 6.85. The molecule has 7 heteroatoms. The number of likely N-dealkylation sites (tertiary alicyclic amines) is 1. The second-order valence-corrected chi connectivity index (χ2v) is 9.65. The van der Waals surface area contributed by atoms with Crippen LogP contribution in [0.1, 0.15) is 42.0 Å². The molecule has 174 valence electrons. The van der Waals surface area contributed by atoms with Crippen LogP contribution < -0.4 is 10.6 Å². The second kappa shape index (κ2) is 9.05. The van der Waals surface area contributed by atoms with Gasteiger partial charge in [0.25, 0.3) is 0 Å². The summed E-state index contributed by atoms with van der Waals surface area (Å²) in [5, 5.41) is 26.4. The van der Waals surface area contributed by atoms with Crippen LogP contribution >= 0.6 is 0 Å². The van der Waals surface area contributed by atoms with Crippen LogP contribution in [0.5, 0.6) is 0 Å². The molecule has 2 aliphatic rings. The van der Waals surface area contributed by atoms with Crippen molar-refractivity contribution in [3.05, 3.63) is 64.8 Å². The van der Waals surface area contributed by atoms with Gasteiger partial charge in [0.05, 0.1) is 23.6 Å². The quantitative estimate of drug-likeness (QED) is 0.510. The Morgan fingerprint density at radius 1 is 1.21 bits per heavy atom. The van der Waals surface area contributed by atoms with E-state index >= 15 is 0 Å². The van der Waals surface area contributed by atoms with Gasteiger partial charge in [-0.2, -0.15) is 5.26 Å². The fourth-order valence-electron chi connectivity index (χ4n) is 4.87. The average Bonchev–Trinajstić information content (AvgIpc) is 3.49. The van der Waals surface area contributed by atoms with Gasteiger partial charge in [-0.25, -0.2) is 9.97 Å². The molecule has 0 radical (unpaired) electrons. The number of hydrogen-bond acceptors (Lipinski definition) is 7. The van der Waals surface area contributed by atoms with Gasteiger partial charge in [0.2, 0.25) is 5.95 Å². The SMILES string of the molecule is Cc1ccc(CN2CCCC2)cc1Nc1nccc(-c2cc(C#N)c3c(c2)[C@@](C)(CO)CN3)n1. The van der Waals surface area contributed by atoms with Gasteiger partial charge >= 0.3 is 0 Å². The lowest BCUT2D eigenvalue weighted by Crippen LogP contribution is -2.28. The van der Waals surface area contributed by atoms with E-state index in [1.165, 1.54) is 18.4 Å². The van der Waals surface area contributed by atoms with Crippen molar-refractivity contribution in [2.24, 2.45) is 0 Å². The molecule has 1 aromatic heterocycles. The Morgan fingerprint density at radius 3 is 2.79 bits per heavy atom. The van der Waals surface area contributed by atoms with E-state index in [1.54, 1.807) is 6.20 Å². The van der Waals surface area contributed by atoms with Crippen LogP contribution in [-0.4, -0.2) is 46.2 Å². The van der Waals surface area contributed by atoms with E-state index in [-0.39, 0.29) is 6.61 Å². The van der Waals surface area contributed by atoms with E-state index in [1.807, 2.05) is 25.1 Å². The molecule has 7 nitrogen and oxygen atoms in total. The van der Waals surface area contributed by atoms with Gasteiger partial charge in [-0.15, -0.1) is 0 Å². The summed E-state index contributed by atoms with van der Waals surface area (Å²) in [6.45, 7) is 7.97. The number of fused-ring (bicyclic) bond motifs is 1. The maximum atomic E-state index is 9.98. The van der Waals surface area contributed by atoms with Crippen molar-refractivity contribution in [3.63, 3.8) is 0 Å². The van der Waals surface area contributed by atoms with Crippen LogP contribution in [0.3, 0.4) is 0 Å². The number of nitriles is 1. The van der Waals surface area contributed by atoms with E-state index in [4.69, 9.17) is 4.98 Å². The summed E-state index contributed by atoms with van der Waals surface area (Å²) in [6.07, 6.45) is 4.29. The van der Waals surface area contributed by atoms with Crippen LogP contribution in [0.25, 0.3) is 11.3 Å². The minimum Gasteiger partial charge on any atom is -0.395 e. The fraction of sp³-hybridized carbons (Fsp3) is 0.370. The van der Waals surface area contributed by atoms with Crippen molar-refractivity contribution in [1.82, 2.24) is 14.9 Å². The average molecular weight is 455 g/mol. The van der Waals surface area contributed by atoms with Gasteiger partial charge in [-0.3, -0.25) is 4.90 Å². The predicted molar refractivity (Wildman–Crippen MR) is 134 cm³/mol. The molecule has 3 heterocycles. The lowest BCUT2D eigenvalue weighted by atomic mass is 9.83. The molecule has 0 saturated carbocycles.